The third kappa shape index (κ3) is 4.63. The number of benzene rings is 1. The molecule has 1 aromatic rings. The van der Waals surface area contributed by atoms with Gasteiger partial charge in [-0.25, -0.2) is 4.39 Å². The van der Waals surface area contributed by atoms with Crippen molar-refractivity contribution in [3.63, 3.8) is 0 Å². The van der Waals surface area contributed by atoms with Gasteiger partial charge in [0.15, 0.2) is 0 Å². The summed E-state index contributed by atoms with van der Waals surface area (Å²) in [5, 5.41) is 21.5. The molecule has 0 aliphatic rings. The molecule has 20 heavy (non-hydrogen) atoms. The van der Waals surface area contributed by atoms with E-state index in [2.05, 4.69) is 5.32 Å². The Morgan fingerprint density at radius 3 is 2.65 bits per heavy atom. The van der Waals surface area contributed by atoms with E-state index in [-0.39, 0.29) is 24.4 Å². The number of halogens is 1. The lowest BCUT2D eigenvalue weighted by Gasteiger charge is -2.10. The Kier molecular flexibility index (Phi) is 5.13. The number of non-ortho nitro benzene ring substituents is 1. The summed E-state index contributed by atoms with van der Waals surface area (Å²) < 4.78 is 13.2. The average Bonchev–Trinajstić information content (AvgIpc) is 2.34. The van der Waals surface area contributed by atoms with Crippen LogP contribution in [0.3, 0.4) is 0 Å². The standard InChI is InChI=1S/C12H13FN2O5/c1-7(2-11(16)17)6-14-12(18)8-3-9(13)5-10(4-8)15(19)20/h3-5,7H,2,6H2,1H3,(H,14,18)(H,16,17). The third-order valence-corrected chi connectivity index (χ3v) is 2.49. The van der Waals surface area contributed by atoms with Crippen molar-refractivity contribution in [2.75, 3.05) is 6.54 Å². The molecule has 0 spiro atoms. The van der Waals surface area contributed by atoms with Gasteiger partial charge in [0.25, 0.3) is 11.6 Å². The van der Waals surface area contributed by atoms with E-state index in [1.165, 1.54) is 0 Å². The fourth-order valence-corrected chi connectivity index (χ4v) is 1.55. The van der Waals surface area contributed by atoms with Gasteiger partial charge in [0.2, 0.25) is 0 Å². The van der Waals surface area contributed by atoms with E-state index in [1.54, 1.807) is 6.92 Å². The minimum Gasteiger partial charge on any atom is -0.481 e. The number of aliphatic carboxylic acids is 1. The number of carbonyl (C=O) groups excluding carboxylic acids is 1. The van der Waals surface area contributed by atoms with Crippen LogP contribution in [0.1, 0.15) is 23.7 Å². The van der Waals surface area contributed by atoms with Crippen molar-refractivity contribution in [3.8, 4) is 0 Å². The number of carbonyl (C=O) groups is 2. The second-order valence-corrected chi connectivity index (χ2v) is 4.37. The third-order valence-electron chi connectivity index (χ3n) is 2.49. The maximum Gasteiger partial charge on any atom is 0.303 e. The summed E-state index contributed by atoms with van der Waals surface area (Å²) in [5.41, 5.74) is -0.701. The van der Waals surface area contributed by atoms with Gasteiger partial charge in [0.1, 0.15) is 5.82 Å². The lowest BCUT2D eigenvalue weighted by atomic mass is 10.1. The molecule has 0 aliphatic carbocycles. The van der Waals surface area contributed by atoms with Crippen molar-refractivity contribution >= 4 is 17.6 Å². The van der Waals surface area contributed by atoms with Crippen LogP contribution >= 0.6 is 0 Å². The Hall–Kier alpha value is -2.51. The summed E-state index contributed by atoms with van der Waals surface area (Å²) in [7, 11) is 0. The first-order valence-electron chi connectivity index (χ1n) is 5.74. The van der Waals surface area contributed by atoms with Crippen LogP contribution in [-0.4, -0.2) is 28.5 Å². The van der Waals surface area contributed by atoms with E-state index in [1.807, 2.05) is 0 Å². The molecule has 108 valence electrons. The fourth-order valence-electron chi connectivity index (χ4n) is 1.55. The highest BCUT2D eigenvalue weighted by molar-refractivity contribution is 5.94. The van der Waals surface area contributed by atoms with Gasteiger partial charge < -0.3 is 10.4 Å². The Labute approximate surface area is 113 Å². The normalized spacial score (nSPS) is 11.7. The van der Waals surface area contributed by atoms with Gasteiger partial charge in [0.05, 0.1) is 11.0 Å². The summed E-state index contributed by atoms with van der Waals surface area (Å²) in [6.45, 7) is 1.71. The molecule has 0 bridgehead atoms. The number of rotatable bonds is 6. The first-order valence-corrected chi connectivity index (χ1v) is 5.74. The van der Waals surface area contributed by atoms with Crippen LogP contribution in [0.4, 0.5) is 10.1 Å². The molecule has 0 aliphatic heterocycles. The maximum atomic E-state index is 13.2. The van der Waals surface area contributed by atoms with Crippen molar-refractivity contribution in [1.29, 1.82) is 0 Å². The van der Waals surface area contributed by atoms with Crippen LogP contribution in [0.5, 0.6) is 0 Å². The van der Waals surface area contributed by atoms with E-state index in [4.69, 9.17) is 5.11 Å². The Balaban J connectivity index is 2.73. The number of nitrogens with zero attached hydrogens (tertiary/aromatic N) is 1. The molecule has 7 nitrogen and oxygen atoms in total. The van der Waals surface area contributed by atoms with E-state index in [0.29, 0.717) is 6.07 Å². The quantitative estimate of drug-likeness (QED) is 0.608. The SMILES string of the molecule is CC(CNC(=O)c1cc(F)cc([N+](=O)[O-])c1)CC(=O)O. The zero-order valence-corrected chi connectivity index (χ0v) is 10.6. The van der Waals surface area contributed by atoms with Crippen LogP contribution in [0, 0.1) is 21.8 Å². The zero-order chi connectivity index (χ0) is 15.3. The molecule has 1 rings (SSSR count). The van der Waals surface area contributed by atoms with E-state index >= 15 is 0 Å². The molecule has 0 fully saturated rings. The van der Waals surface area contributed by atoms with Crippen LogP contribution in [0.15, 0.2) is 18.2 Å². The summed E-state index contributed by atoms with van der Waals surface area (Å²) >= 11 is 0. The monoisotopic (exact) mass is 284 g/mol. The highest BCUT2D eigenvalue weighted by atomic mass is 19.1. The number of carboxylic acids is 1. The smallest absolute Gasteiger partial charge is 0.303 e. The molecule has 1 aromatic carbocycles. The summed E-state index contributed by atoms with van der Waals surface area (Å²) in [6, 6.07) is 2.55. The van der Waals surface area contributed by atoms with Gasteiger partial charge >= 0.3 is 5.97 Å². The number of hydrogen-bond acceptors (Lipinski definition) is 4. The molecule has 0 radical (unpaired) electrons. The van der Waals surface area contributed by atoms with Crippen molar-refractivity contribution in [3.05, 3.63) is 39.7 Å². The highest BCUT2D eigenvalue weighted by Gasteiger charge is 2.15. The van der Waals surface area contributed by atoms with Crippen LogP contribution in [0.2, 0.25) is 0 Å². The van der Waals surface area contributed by atoms with Crippen LogP contribution in [-0.2, 0) is 4.79 Å². The van der Waals surface area contributed by atoms with Crippen LogP contribution in [0.25, 0.3) is 0 Å². The Bertz CT molecular complexity index is 547. The minimum absolute atomic E-state index is 0.0788. The number of amides is 1. The molecule has 8 heteroatoms. The predicted octanol–water partition coefficient (Wildman–Crippen LogP) is 1.57. The van der Waals surface area contributed by atoms with Crippen molar-refractivity contribution in [1.82, 2.24) is 5.32 Å². The van der Waals surface area contributed by atoms with Gasteiger partial charge in [-0.1, -0.05) is 6.92 Å². The van der Waals surface area contributed by atoms with Gasteiger partial charge in [-0.2, -0.15) is 0 Å². The lowest BCUT2D eigenvalue weighted by Crippen LogP contribution is -2.29. The molecule has 0 saturated carbocycles. The van der Waals surface area contributed by atoms with Crippen molar-refractivity contribution in [2.24, 2.45) is 5.92 Å². The predicted molar refractivity (Wildman–Crippen MR) is 66.8 cm³/mol. The topological polar surface area (TPSA) is 110 Å². The number of nitro groups is 1. The molecule has 1 unspecified atom stereocenters. The molecule has 0 aromatic heterocycles. The number of nitro benzene ring substituents is 1. The molecule has 1 atom stereocenters. The largest absolute Gasteiger partial charge is 0.481 e. The second kappa shape index (κ2) is 6.60. The Morgan fingerprint density at radius 1 is 1.45 bits per heavy atom. The molecule has 0 heterocycles. The summed E-state index contributed by atoms with van der Waals surface area (Å²) in [5.74, 6) is -2.87. The zero-order valence-electron chi connectivity index (χ0n) is 10.6. The van der Waals surface area contributed by atoms with Crippen LogP contribution < -0.4 is 5.32 Å². The van der Waals surface area contributed by atoms with E-state index < -0.39 is 28.3 Å². The number of carboxylic acid groups (broad SMARTS) is 1. The summed E-state index contributed by atoms with van der Waals surface area (Å²) in [4.78, 5) is 31.9. The first-order chi connectivity index (χ1) is 9.29. The molecule has 0 saturated heterocycles. The molecule has 2 N–H and O–H groups in total. The molecular formula is C12H13FN2O5. The van der Waals surface area contributed by atoms with E-state index in [9.17, 15) is 24.1 Å². The highest BCUT2D eigenvalue weighted by Crippen LogP contribution is 2.16. The minimum atomic E-state index is -0.992. The second-order valence-electron chi connectivity index (χ2n) is 4.37. The summed E-state index contributed by atoms with van der Waals surface area (Å²) in [6.07, 6.45) is -0.121. The lowest BCUT2D eigenvalue weighted by molar-refractivity contribution is -0.385. The maximum absolute atomic E-state index is 13.2. The molecular weight excluding hydrogens is 271 g/mol. The van der Waals surface area contributed by atoms with E-state index in [0.717, 1.165) is 12.1 Å². The van der Waals surface area contributed by atoms with Gasteiger partial charge in [-0.3, -0.25) is 19.7 Å². The Morgan fingerprint density at radius 2 is 2.10 bits per heavy atom. The van der Waals surface area contributed by atoms with Gasteiger partial charge in [-0.15, -0.1) is 0 Å². The average molecular weight is 284 g/mol. The number of nitrogens with one attached hydrogen (secondary N) is 1. The molecule has 1 amide bonds. The van der Waals surface area contributed by atoms with Gasteiger partial charge in [0, 0.05) is 24.6 Å². The number of hydrogen-bond donors (Lipinski definition) is 2. The van der Waals surface area contributed by atoms with Crippen molar-refractivity contribution < 1.29 is 24.0 Å². The fraction of sp³-hybridized carbons (Fsp3) is 0.333. The first kappa shape index (κ1) is 15.5. The van der Waals surface area contributed by atoms with Gasteiger partial charge in [-0.05, 0) is 12.0 Å². The van der Waals surface area contributed by atoms with Crippen molar-refractivity contribution in [2.45, 2.75) is 13.3 Å².